The third kappa shape index (κ3) is 3.31. The summed E-state index contributed by atoms with van der Waals surface area (Å²) in [5, 5.41) is 7.34. The normalized spacial score (nSPS) is 22.8. The monoisotopic (exact) mass is 341 g/mol. The van der Waals surface area contributed by atoms with Crippen molar-refractivity contribution in [2.45, 2.75) is 38.3 Å². The molecule has 4 rings (SSSR count). The van der Waals surface area contributed by atoms with Gasteiger partial charge in [0.15, 0.2) is 0 Å². The van der Waals surface area contributed by atoms with Crippen LogP contribution in [0.25, 0.3) is 0 Å². The zero-order valence-electron chi connectivity index (χ0n) is 14.4. The van der Waals surface area contributed by atoms with Gasteiger partial charge in [-0.25, -0.2) is 14.5 Å². The number of rotatable bonds is 2. The molecule has 1 saturated heterocycles. The Kier molecular flexibility index (Phi) is 4.29. The lowest BCUT2D eigenvalue weighted by Gasteiger charge is -2.34. The number of para-hydroxylation sites is 1. The minimum Gasteiger partial charge on any atom is -0.491 e. The number of amides is 2. The molecule has 2 amide bonds. The van der Waals surface area contributed by atoms with Crippen molar-refractivity contribution in [3.8, 4) is 5.75 Å². The topological polar surface area (TPSA) is 72.3 Å². The molecule has 1 N–H and O–H groups in total. The smallest absolute Gasteiger partial charge is 0.317 e. The van der Waals surface area contributed by atoms with Crippen LogP contribution in [0.2, 0.25) is 0 Å². The number of fused-ring (bicyclic) bond motifs is 1. The molecule has 3 heterocycles. The van der Waals surface area contributed by atoms with Gasteiger partial charge in [-0.2, -0.15) is 5.10 Å². The highest BCUT2D eigenvalue weighted by molar-refractivity contribution is 5.74. The van der Waals surface area contributed by atoms with E-state index in [1.54, 1.807) is 6.33 Å². The Labute approximate surface area is 147 Å². The maximum Gasteiger partial charge on any atom is 0.317 e. The number of nitrogens with one attached hydrogen (secondary N) is 1. The fourth-order valence-corrected chi connectivity index (χ4v) is 3.71. The predicted molar refractivity (Wildman–Crippen MR) is 92.6 cm³/mol. The molecular formula is C18H23N5O2. The van der Waals surface area contributed by atoms with E-state index in [4.69, 9.17) is 4.74 Å². The molecular weight excluding hydrogens is 318 g/mol. The summed E-state index contributed by atoms with van der Waals surface area (Å²) >= 11 is 0. The quantitative estimate of drug-likeness (QED) is 0.906. The van der Waals surface area contributed by atoms with Crippen LogP contribution in [0.3, 0.4) is 0 Å². The Hall–Kier alpha value is -2.57. The van der Waals surface area contributed by atoms with Gasteiger partial charge in [0.1, 0.15) is 25.0 Å². The molecule has 0 saturated carbocycles. The number of hydrogen-bond acceptors (Lipinski definition) is 4. The molecule has 0 spiro atoms. The molecule has 2 aliphatic heterocycles. The highest BCUT2D eigenvalue weighted by Gasteiger charge is 2.28. The molecule has 2 aromatic rings. The first-order valence-electron chi connectivity index (χ1n) is 8.81. The minimum absolute atomic E-state index is 0.00791. The molecule has 25 heavy (non-hydrogen) atoms. The van der Waals surface area contributed by atoms with Crippen molar-refractivity contribution >= 4 is 6.03 Å². The predicted octanol–water partition coefficient (Wildman–Crippen LogP) is 1.94. The van der Waals surface area contributed by atoms with Gasteiger partial charge in [-0.05, 0) is 37.3 Å². The highest BCUT2D eigenvalue weighted by Crippen LogP contribution is 2.28. The summed E-state index contributed by atoms with van der Waals surface area (Å²) < 4.78 is 7.73. The van der Waals surface area contributed by atoms with Crippen molar-refractivity contribution in [3.63, 3.8) is 0 Å². The van der Waals surface area contributed by atoms with Crippen molar-refractivity contribution in [3.05, 3.63) is 42.0 Å². The van der Waals surface area contributed by atoms with Crippen LogP contribution in [0.4, 0.5) is 4.79 Å². The Morgan fingerprint density at radius 3 is 3.16 bits per heavy atom. The van der Waals surface area contributed by atoms with E-state index >= 15 is 0 Å². The van der Waals surface area contributed by atoms with E-state index in [0.717, 1.165) is 42.7 Å². The van der Waals surface area contributed by atoms with E-state index in [0.29, 0.717) is 13.2 Å². The van der Waals surface area contributed by atoms with Crippen LogP contribution in [0.1, 0.15) is 30.0 Å². The number of carbonyl (C=O) groups is 1. The molecule has 7 nitrogen and oxygen atoms in total. The number of nitrogens with zero attached hydrogens (tertiary/aromatic N) is 4. The van der Waals surface area contributed by atoms with Crippen molar-refractivity contribution in [2.75, 3.05) is 19.7 Å². The summed E-state index contributed by atoms with van der Waals surface area (Å²) in [6, 6.07) is 6.35. The first-order chi connectivity index (χ1) is 12.2. The van der Waals surface area contributed by atoms with E-state index in [2.05, 4.69) is 34.5 Å². The maximum atomic E-state index is 12.7. The summed E-state index contributed by atoms with van der Waals surface area (Å²) in [6.45, 7) is 4.01. The lowest BCUT2D eigenvalue weighted by molar-refractivity contribution is 0.152. The van der Waals surface area contributed by atoms with Gasteiger partial charge >= 0.3 is 6.03 Å². The van der Waals surface area contributed by atoms with Crippen LogP contribution in [0.5, 0.6) is 5.75 Å². The van der Waals surface area contributed by atoms with Crippen LogP contribution in [0, 0.1) is 6.92 Å². The first-order valence-corrected chi connectivity index (χ1v) is 8.81. The SMILES string of the molecule is Cc1cccc2c1OCC(NC(=O)N1CCCC(n3cncn3)C1)C2. The van der Waals surface area contributed by atoms with E-state index in [1.165, 1.54) is 6.33 Å². The van der Waals surface area contributed by atoms with Crippen LogP contribution in [0.15, 0.2) is 30.9 Å². The number of benzene rings is 1. The molecule has 2 atom stereocenters. The number of likely N-dealkylation sites (tertiary alicyclic amines) is 1. The third-order valence-corrected chi connectivity index (χ3v) is 5.01. The average molecular weight is 341 g/mol. The van der Waals surface area contributed by atoms with Gasteiger partial charge in [0.25, 0.3) is 0 Å². The zero-order chi connectivity index (χ0) is 17.2. The largest absolute Gasteiger partial charge is 0.491 e. The minimum atomic E-state index is -0.0190. The number of hydrogen-bond donors (Lipinski definition) is 1. The molecule has 0 aliphatic carbocycles. The second-order valence-electron chi connectivity index (χ2n) is 6.84. The average Bonchev–Trinajstić information content (AvgIpc) is 3.17. The van der Waals surface area contributed by atoms with Crippen molar-refractivity contribution in [1.82, 2.24) is 25.0 Å². The maximum absolute atomic E-state index is 12.7. The molecule has 2 aliphatic rings. The zero-order valence-corrected chi connectivity index (χ0v) is 14.4. The van der Waals surface area contributed by atoms with Crippen LogP contribution >= 0.6 is 0 Å². The van der Waals surface area contributed by atoms with Gasteiger partial charge in [-0.15, -0.1) is 0 Å². The summed E-state index contributed by atoms with van der Waals surface area (Å²) in [7, 11) is 0. The van der Waals surface area contributed by atoms with E-state index in [-0.39, 0.29) is 18.1 Å². The summed E-state index contributed by atoms with van der Waals surface area (Å²) in [5.41, 5.74) is 2.31. The number of aromatic nitrogens is 3. The third-order valence-electron chi connectivity index (χ3n) is 5.01. The Bertz CT molecular complexity index is 746. The van der Waals surface area contributed by atoms with Gasteiger partial charge in [-0.3, -0.25) is 0 Å². The fraction of sp³-hybridized carbons (Fsp3) is 0.500. The molecule has 1 aromatic carbocycles. The van der Waals surface area contributed by atoms with E-state index < -0.39 is 0 Å². The highest BCUT2D eigenvalue weighted by atomic mass is 16.5. The van der Waals surface area contributed by atoms with Crippen LogP contribution in [-0.2, 0) is 6.42 Å². The van der Waals surface area contributed by atoms with Gasteiger partial charge < -0.3 is 15.0 Å². The first kappa shape index (κ1) is 15.9. The summed E-state index contributed by atoms with van der Waals surface area (Å²) in [6.07, 6.45) is 6.06. The molecule has 1 aromatic heterocycles. The Balaban J connectivity index is 1.37. The fourth-order valence-electron chi connectivity index (χ4n) is 3.71. The second-order valence-corrected chi connectivity index (χ2v) is 6.84. The number of urea groups is 1. The van der Waals surface area contributed by atoms with Crippen molar-refractivity contribution in [1.29, 1.82) is 0 Å². The number of piperidine rings is 1. The lowest BCUT2D eigenvalue weighted by atomic mass is 10.00. The Morgan fingerprint density at radius 2 is 2.32 bits per heavy atom. The standard InChI is InChI=1S/C18H23N5O2/c1-13-4-2-5-14-8-15(10-25-17(13)14)21-18(24)22-7-3-6-16(9-22)23-12-19-11-20-23/h2,4-5,11-12,15-16H,3,6-10H2,1H3,(H,21,24). The summed E-state index contributed by atoms with van der Waals surface area (Å²) in [5.74, 6) is 0.970. The molecule has 132 valence electrons. The van der Waals surface area contributed by atoms with Crippen molar-refractivity contribution < 1.29 is 9.53 Å². The Morgan fingerprint density at radius 1 is 1.40 bits per heavy atom. The molecule has 0 bridgehead atoms. The van der Waals surface area contributed by atoms with Crippen LogP contribution < -0.4 is 10.1 Å². The molecule has 0 radical (unpaired) electrons. The van der Waals surface area contributed by atoms with Gasteiger partial charge in [-0.1, -0.05) is 18.2 Å². The number of aryl methyl sites for hydroxylation is 1. The molecule has 1 fully saturated rings. The van der Waals surface area contributed by atoms with Gasteiger partial charge in [0.05, 0.1) is 12.1 Å². The lowest BCUT2D eigenvalue weighted by Crippen LogP contribution is -2.51. The van der Waals surface area contributed by atoms with E-state index in [1.807, 2.05) is 15.6 Å². The van der Waals surface area contributed by atoms with Crippen molar-refractivity contribution in [2.24, 2.45) is 0 Å². The van der Waals surface area contributed by atoms with Gasteiger partial charge in [0.2, 0.25) is 0 Å². The number of carbonyl (C=O) groups excluding carboxylic acids is 1. The summed E-state index contributed by atoms with van der Waals surface area (Å²) in [4.78, 5) is 18.6. The second kappa shape index (κ2) is 6.74. The number of ether oxygens (including phenoxy) is 1. The van der Waals surface area contributed by atoms with Gasteiger partial charge in [0, 0.05) is 13.1 Å². The molecule has 7 heteroatoms. The van der Waals surface area contributed by atoms with E-state index in [9.17, 15) is 4.79 Å². The molecule has 2 unspecified atom stereocenters. The van der Waals surface area contributed by atoms with Crippen LogP contribution in [-0.4, -0.2) is 51.4 Å².